The summed E-state index contributed by atoms with van der Waals surface area (Å²) in [5, 5.41) is 0. The number of ether oxygens (including phenoxy) is 1. The summed E-state index contributed by atoms with van der Waals surface area (Å²) in [6.07, 6.45) is 5.41. The van der Waals surface area contributed by atoms with E-state index in [2.05, 4.69) is 31.9 Å². The molecule has 0 saturated heterocycles. The Kier molecular flexibility index (Phi) is 2.70. The summed E-state index contributed by atoms with van der Waals surface area (Å²) in [4.78, 5) is 12.0. The Morgan fingerprint density at radius 2 is 2.29 bits per heavy atom. The number of Topliss-reactive ketones (excluding diaryl/α,β-unsaturated/α-hetero) is 1. The number of ketones is 1. The van der Waals surface area contributed by atoms with Crippen molar-refractivity contribution in [1.82, 2.24) is 0 Å². The fraction of sp³-hybridized carbons (Fsp3) is 0.500. The number of carbonyl (C=O) groups is 1. The minimum absolute atomic E-state index is 0.0243. The molecule has 0 N–H and O–H groups in total. The van der Waals surface area contributed by atoms with Gasteiger partial charge in [0.2, 0.25) is 5.78 Å². The summed E-state index contributed by atoms with van der Waals surface area (Å²) >= 11 is 6.67. The third-order valence-corrected chi connectivity index (χ3v) is 4.71. The Labute approximate surface area is 99.6 Å². The van der Waals surface area contributed by atoms with E-state index in [9.17, 15) is 4.79 Å². The van der Waals surface area contributed by atoms with Gasteiger partial charge in [-0.3, -0.25) is 4.79 Å². The topological polar surface area (TPSA) is 26.3 Å². The predicted octanol–water partition coefficient (Wildman–Crippen LogP) is 3.06. The second-order valence-electron chi connectivity index (χ2n) is 3.53. The largest absolute Gasteiger partial charge is 0.350 e. The van der Waals surface area contributed by atoms with Crippen molar-refractivity contribution in [1.29, 1.82) is 0 Å². The number of fused-ring (bicyclic) bond motifs is 2. The Morgan fingerprint density at radius 1 is 1.57 bits per heavy atom. The van der Waals surface area contributed by atoms with Gasteiger partial charge in [-0.05, 0) is 28.4 Å². The summed E-state index contributed by atoms with van der Waals surface area (Å²) in [6, 6.07) is 0. The van der Waals surface area contributed by atoms with Crippen LogP contribution in [0.1, 0.15) is 19.8 Å². The Hall–Kier alpha value is 0.0700. The van der Waals surface area contributed by atoms with Crippen LogP contribution in [0, 0.1) is 0 Å². The van der Waals surface area contributed by atoms with E-state index in [0.29, 0.717) is 4.48 Å². The molecule has 2 bridgehead atoms. The molecule has 0 fully saturated rings. The van der Waals surface area contributed by atoms with E-state index in [0.717, 1.165) is 17.3 Å². The van der Waals surface area contributed by atoms with E-state index in [1.54, 1.807) is 0 Å². The molecule has 2 heterocycles. The van der Waals surface area contributed by atoms with E-state index in [1.807, 2.05) is 19.1 Å². The zero-order valence-electron chi connectivity index (χ0n) is 7.72. The van der Waals surface area contributed by atoms with Crippen molar-refractivity contribution in [3.05, 3.63) is 21.1 Å². The second-order valence-corrected chi connectivity index (χ2v) is 5.18. The maximum Gasteiger partial charge on any atom is 0.206 e. The van der Waals surface area contributed by atoms with Gasteiger partial charge >= 0.3 is 0 Å². The van der Waals surface area contributed by atoms with Gasteiger partial charge < -0.3 is 4.74 Å². The first-order valence-corrected chi connectivity index (χ1v) is 6.16. The van der Waals surface area contributed by atoms with Gasteiger partial charge in [-0.25, -0.2) is 0 Å². The van der Waals surface area contributed by atoms with Crippen LogP contribution >= 0.6 is 31.9 Å². The molecular formula is C10H10Br2O2. The van der Waals surface area contributed by atoms with Gasteiger partial charge in [-0.2, -0.15) is 0 Å². The minimum Gasteiger partial charge on any atom is -0.350 e. The maximum absolute atomic E-state index is 12.0. The monoisotopic (exact) mass is 320 g/mol. The van der Waals surface area contributed by atoms with Crippen LogP contribution in [-0.2, 0) is 9.53 Å². The molecule has 0 aliphatic carbocycles. The van der Waals surface area contributed by atoms with Crippen molar-refractivity contribution in [3.8, 4) is 0 Å². The van der Waals surface area contributed by atoms with E-state index >= 15 is 0 Å². The van der Waals surface area contributed by atoms with Crippen molar-refractivity contribution in [2.75, 3.05) is 0 Å². The van der Waals surface area contributed by atoms with Crippen LogP contribution in [0.4, 0.5) is 0 Å². The zero-order valence-corrected chi connectivity index (χ0v) is 10.9. The first kappa shape index (κ1) is 10.6. The molecule has 0 radical (unpaired) electrons. The molecule has 0 spiro atoms. The molecule has 14 heavy (non-hydrogen) atoms. The van der Waals surface area contributed by atoms with Gasteiger partial charge in [0.1, 0.15) is 6.10 Å². The normalized spacial score (nSPS) is 35.6. The lowest BCUT2D eigenvalue weighted by Gasteiger charge is -2.31. The number of rotatable bonds is 2. The van der Waals surface area contributed by atoms with Gasteiger partial charge in [0, 0.05) is 4.48 Å². The number of carbonyl (C=O) groups excluding carboxylic acids is 1. The SMILES string of the molecule is CCCC12C=CC(O1)C(Br)=C(Br)C2=O. The highest BCUT2D eigenvalue weighted by molar-refractivity contribution is 9.14. The van der Waals surface area contributed by atoms with Crippen molar-refractivity contribution >= 4 is 37.6 Å². The summed E-state index contributed by atoms with van der Waals surface area (Å²) in [7, 11) is 0. The maximum atomic E-state index is 12.0. The van der Waals surface area contributed by atoms with Gasteiger partial charge in [0.15, 0.2) is 5.60 Å². The fourth-order valence-electron chi connectivity index (χ4n) is 1.86. The number of halogens is 2. The van der Waals surface area contributed by atoms with Crippen molar-refractivity contribution in [2.45, 2.75) is 31.5 Å². The van der Waals surface area contributed by atoms with Gasteiger partial charge in [0.05, 0.1) is 4.48 Å². The molecule has 0 amide bonds. The molecule has 2 aliphatic rings. The van der Waals surface area contributed by atoms with E-state index < -0.39 is 5.60 Å². The fourth-order valence-corrected chi connectivity index (χ4v) is 2.85. The van der Waals surface area contributed by atoms with E-state index in [-0.39, 0.29) is 11.9 Å². The van der Waals surface area contributed by atoms with Crippen LogP contribution < -0.4 is 0 Å². The lowest BCUT2D eigenvalue weighted by Crippen LogP contribution is -2.42. The predicted molar refractivity (Wildman–Crippen MR) is 61.5 cm³/mol. The zero-order chi connectivity index (χ0) is 10.3. The number of hydrogen-bond donors (Lipinski definition) is 0. The smallest absolute Gasteiger partial charge is 0.206 e. The van der Waals surface area contributed by atoms with Crippen LogP contribution in [-0.4, -0.2) is 17.5 Å². The molecule has 0 aromatic rings. The molecular weight excluding hydrogens is 312 g/mol. The summed E-state index contributed by atoms with van der Waals surface area (Å²) in [6.45, 7) is 2.05. The first-order valence-electron chi connectivity index (χ1n) is 4.58. The van der Waals surface area contributed by atoms with Crippen LogP contribution in [0.3, 0.4) is 0 Å². The van der Waals surface area contributed by atoms with E-state index in [1.165, 1.54) is 0 Å². The molecule has 2 nitrogen and oxygen atoms in total. The Bertz CT molecular complexity index is 346. The molecule has 2 rings (SSSR count). The van der Waals surface area contributed by atoms with E-state index in [4.69, 9.17) is 4.74 Å². The average Bonchev–Trinajstić information content (AvgIpc) is 2.56. The quantitative estimate of drug-likeness (QED) is 0.731. The highest BCUT2D eigenvalue weighted by Gasteiger charge is 2.48. The Morgan fingerprint density at radius 3 is 2.93 bits per heavy atom. The van der Waals surface area contributed by atoms with Crippen LogP contribution in [0.25, 0.3) is 0 Å². The minimum atomic E-state index is -0.699. The molecule has 0 aromatic heterocycles. The Balaban J connectivity index is 2.42. The van der Waals surface area contributed by atoms with Crippen LogP contribution in [0.15, 0.2) is 21.1 Å². The highest BCUT2D eigenvalue weighted by atomic mass is 79.9. The molecule has 0 saturated carbocycles. The molecule has 2 aliphatic heterocycles. The standard InChI is InChI=1S/C10H10Br2O2/c1-2-4-10-5-3-6(14-10)7(11)8(12)9(10)13/h3,5-6H,2,4H2,1H3. The third-order valence-electron chi connectivity index (χ3n) is 2.54. The van der Waals surface area contributed by atoms with Crippen molar-refractivity contribution in [2.24, 2.45) is 0 Å². The lowest BCUT2D eigenvalue weighted by molar-refractivity contribution is -0.136. The summed E-state index contributed by atoms with van der Waals surface area (Å²) in [5.74, 6) is 0.0243. The average molecular weight is 322 g/mol. The van der Waals surface area contributed by atoms with Crippen molar-refractivity contribution in [3.63, 3.8) is 0 Å². The molecule has 2 atom stereocenters. The second kappa shape index (κ2) is 3.58. The molecule has 2 unspecified atom stereocenters. The van der Waals surface area contributed by atoms with Crippen LogP contribution in [0.5, 0.6) is 0 Å². The van der Waals surface area contributed by atoms with Gasteiger partial charge in [-0.1, -0.05) is 35.4 Å². The molecule has 0 aromatic carbocycles. The lowest BCUT2D eigenvalue weighted by atomic mass is 9.92. The van der Waals surface area contributed by atoms with Crippen molar-refractivity contribution < 1.29 is 9.53 Å². The highest BCUT2D eigenvalue weighted by Crippen LogP contribution is 2.43. The van der Waals surface area contributed by atoms with Crippen LogP contribution in [0.2, 0.25) is 0 Å². The molecule has 76 valence electrons. The molecule has 4 heteroatoms. The summed E-state index contributed by atoms with van der Waals surface area (Å²) in [5.41, 5.74) is -0.699. The third kappa shape index (κ3) is 1.35. The summed E-state index contributed by atoms with van der Waals surface area (Å²) < 4.78 is 7.14. The number of hydrogen-bond acceptors (Lipinski definition) is 2. The van der Waals surface area contributed by atoms with Gasteiger partial charge in [-0.15, -0.1) is 0 Å². The first-order chi connectivity index (χ1) is 6.60. The van der Waals surface area contributed by atoms with Gasteiger partial charge in [0.25, 0.3) is 0 Å².